The van der Waals surface area contributed by atoms with Gasteiger partial charge in [0.2, 0.25) is 6.79 Å². The SMILES string of the molecule is Cc1c(CN2CCC[C@@H](N3CCN(Cc4ccc5c(c4)OCO5)CC3)C2)cnn1C. The molecule has 3 aliphatic rings. The maximum absolute atomic E-state index is 5.53. The molecule has 3 aliphatic heterocycles. The van der Waals surface area contributed by atoms with E-state index >= 15 is 0 Å². The highest BCUT2D eigenvalue weighted by Gasteiger charge is 2.28. The summed E-state index contributed by atoms with van der Waals surface area (Å²) in [6, 6.07) is 7.02. The quantitative estimate of drug-likeness (QED) is 0.752. The number of aromatic nitrogens is 2. The van der Waals surface area contributed by atoms with Crippen LogP contribution in [0.15, 0.2) is 24.4 Å². The molecule has 0 radical (unpaired) electrons. The van der Waals surface area contributed by atoms with E-state index in [1.165, 1.54) is 42.8 Å². The summed E-state index contributed by atoms with van der Waals surface area (Å²) in [6.07, 6.45) is 4.65. The van der Waals surface area contributed by atoms with Crippen molar-refractivity contribution in [3.8, 4) is 11.5 Å². The number of hydrogen-bond donors (Lipinski definition) is 0. The predicted molar refractivity (Wildman–Crippen MR) is 116 cm³/mol. The van der Waals surface area contributed by atoms with Crippen molar-refractivity contribution in [2.24, 2.45) is 7.05 Å². The third-order valence-electron chi connectivity index (χ3n) is 6.98. The van der Waals surface area contributed by atoms with Gasteiger partial charge in [0, 0.05) is 70.2 Å². The summed E-state index contributed by atoms with van der Waals surface area (Å²) < 4.78 is 12.9. The van der Waals surface area contributed by atoms with Gasteiger partial charge in [0.15, 0.2) is 11.5 Å². The molecule has 7 nitrogen and oxygen atoms in total. The molecule has 0 amide bonds. The van der Waals surface area contributed by atoms with Crippen LogP contribution in [-0.2, 0) is 20.1 Å². The topological polar surface area (TPSA) is 46.0 Å². The number of fused-ring (bicyclic) bond motifs is 1. The molecule has 5 rings (SSSR count). The fourth-order valence-electron chi connectivity index (χ4n) is 5.00. The van der Waals surface area contributed by atoms with Gasteiger partial charge in [-0.25, -0.2) is 0 Å². The lowest BCUT2D eigenvalue weighted by Crippen LogP contribution is -2.54. The molecule has 1 aromatic heterocycles. The second-order valence-corrected chi connectivity index (χ2v) is 8.91. The zero-order chi connectivity index (χ0) is 20.5. The second-order valence-electron chi connectivity index (χ2n) is 8.91. The van der Waals surface area contributed by atoms with E-state index < -0.39 is 0 Å². The summed E-state index contributed by atoms with van der Waals surface area (Å²) in [4.78, 5) is 7.91. The van der Waals surface area contributed by atoms with Crippen molar-refractivity contribution in [3.05, 3.63) is 41.2 Å². The average Bonchev–Trinajstić information content (AvgIpc) is 3.36. The van der Waals surface area contributed by atoms with Crippen LogP contribution in [0.3, 0.4) is 0 Å². The summed E-state index contributed by atoms with van der Waals surface area (Å²) in [5.74, 6) is 1.75. The number of hydrogen-bond acceptors (Lipinski definition) is 6. The number of aryl methyl sites for hydroxylation is 1. The minimum absolute atomic E-state index is 0.343. The van der Waals surface area contributed by atoms with Crippen LogP contribution in [0.2, 0.25) is 0 Å². The van der Waals surface area contributed by atoms with Crippen molar-refractivity contribution < 1.29 is 9.47 Å². The lowest BCUT2D eigenvalue weighted by molar-refractivity contribution is 0.0476. The standard InChI is InChI=1S/C23H33N5O2/c1-18-20(13-24-25(18)2)15-27-7-3-4-21(16-27)28-10-8-26(9-11-28)14-19-5-6-22-23(12-19)30-17-29-22/h5-6,12-13,21H,3-4,7-11,14-17H2,1-2H3/t21-/m1/s1. The number of rotatable bonds is 5. The Hall–Kier alpha value is -2.09. The van der Waals surface area contributed by atoms with Gasteiger partial charge in [0.1, 0.15) is 0 Å². The van der Waals surface area contributed by atoms with Crippen LogP contribution in [0, 0.1) is 6.92 Å². The first-order valence-electron chi connectivity index (χ1n) is 11.2. The Morgan fingerprint density at radius 1 is 1.00 bits per heavy atom. The van der Waals surface area contributed by atoms with Gasteiger partial charge in [0.05, 0.1) is 6.20 Å². The van der Waals surface area contributed by atoms with Crippen LogP contribution in [0.1, 0.15) is 29.7 Å². The number of piperazine rings is 1. The molecular weight excluding hydrogens is 378 g/mol. The molecule has 0 N–H and O–H groups in total. The third-order valence-corrected chi connectivity index (χ3v) is 6.98. The molecule has 0 aliphatic carbocycles. The number of ether oxygens (including phenoxy) is 2. The minimum atomic E-state index is 0.343. The molecule has 0 bridgehead atoms. The highest BCUT2D eigenvalue weighted by atomic mass is 16.7. The van der Waals surface area contributed by atoms with Crippen molar-refractivity contribution in [3.63, 3.8) is 0 Å². The molecule has 4 heterocycles. The predicted octanol–water partition coefficient (Wildman–Crippen LogP) is 2.24. The van der Waals surface area contributed by atoms with Gasteiger partial charge in [-0.05, 0) is 44.0 Å². The molecule has 2 fully saturated rings. The van der Waals surface area contributed by atoms with Gasteiger partial charge in [-0.2, -0.15) is 5.10 Å². The molecule has 7 heteroatoms. The lowest BCUT2D eigenvalue weighted by atomic mass is 10.0. The van der Waals surface area contributed by atoms with Crippen LogP contribution in [0.5, 0.6) is 11.5 Å². The fourth-order valence-corrected chi connectivity index (χ4v) is 5.00. The Morgan fingerprint density at radius 3 is 2.63 bits per heavy atom. The highest BCUT2D eigenvalue weighted by Crippen LogP contribution is 2.33. The van der Waals surface area contributed by atoms with E-state index in [-0.39, 0.29) is 0 Å². The van der Waals surface area contributed by atoms with Gasteiger partial charge >= 0.3 is 0 Å². The summed E-state index contributed by atoms with van der Waals surface area (Å²) >= 11 is 0. The zero-order valence-electron chi connectivity index (χ0n) is 18.2. The molecule has 30 heavy (non-hydrogen) atoms. The Kier molecular flexibility index (Phi) is 5.67. The second kappa shape index (κ2) is 8.57. The van der Waals surface area contributed by atoms with Crippen molar-refractivity contribution >= 4 is 0 Å². The molecule has 1 atom stereocenters. The van der Waals surface area contributed by atoms with Gasteiger partial charge in [-0.3, -0.25) is 19.4 Å². The Labute approximate surface area is 179 Å². The van der Waals surface area contributed by atoms with E-state index in [1.54, 1.807) is 0 Å². The number of likely N-dealkylation sites (tertiary alicyclic amines) is 1. The number of piperidine rings is 1. The van der Waals surface area contributed by atoms with Crippen molar-refractivity contribution in [2.75, 3.05) is 46.1 Å². The van der Waals surface area contributed by atoms with Crippen LogP contribution in [-0.4, -0.2) is 76.6 Å². The fraction of sp³-hybridized carbons (Fsp3) is 0.609. The van der Waals surface area contributed by atoms with Gasteiger partial charge in [-0.15, -0.1) is 0 Å². The largest absolute Gasteiger partial charge is 0.454 e. The minimum Gasteiger partial charge on any atom is -0.454 e. The Bertz CT molecular complexity index is 874. The molecule has 2 saturated heterocycles. The van der Waals surface area contributed by atoms with Crippen LogP contribution < -0.4 is 9.47 Å². The van der Waals surface area contributed by atoms with Crippen LogP contribution in [0.4, 0.5) is 0 Å². The van der Waals surface area contributed by atoms with Gasteiger partial charge < -0.3 is 9.47 Å². The van der Waals surface area contributed by atoms with Crippen LogP contribution >= 0.6 is 0 Å². The summed E-state index contributed by atoms with van der Waals surface area (Å²) in [5, 5.41) is 4.41. The smallest absolute Gasteiger partial charge is 0.231 e. The summed E-state index contributed by atoms with van der Waals surface area (Å²) in [5.41, 5.74) is 3.96. The van der Waals surface area contributed by atoms with E-state index in [0.29, 0.717) is 12.8 Å². The van der Waals surface area contributed by atoms with Gasteiger partial charge in [0.25, 0.3) is 0 Å². The van der Waals surface area contributed by atoms with Crippen molar-refractivity contribution in [1.82, 2.24) is 24.5 Å². The van der Waals surface area contributed by atoms with Crippen molar-refractivity contribution in [2.45, 2.75) is 38.9 Å². The molecule has 0 saturated carbocycles. The molecular formula is C23H33N5O2. The normalized spacial score (nSPS) is 23.2. The number of benzene rings is 1. The first kappa shape index (κ1) is 19.8. The first-order chi connectivity index (χ1) is 14.7. The van der Waals surface area contributed by atoms with Gasteiger partial charge in [-0.1, -0.05) is 6.07 Å². The number of nitrogens with zero attached hydrogens (tertiary/aromatic N) is 5. The average molecular weight is 412 g/mol. The maximum atomic E-state index is 5.53. The summed E-state index contributed by atoms with van der Waals surface area (Å²) in [7, 11) is 2.03. The molecule has 0 unspecified atom stereocenters. The van der Waals surface area contributed by atoms with E-state index in [1.807, 2.05) is 24.0 Å². The van der Waals surface area contributed by atoms with E-state index in [0.717, 1.165) is 50.8 Å². The molecule has 2 aromatic rings. The Balaban J connectivity index is 1.12. The maximum Gasteiger partial charge on any atom is 0.231 e. The molecule has 1 aromatic carbocycles. The Morgan fingerprint density at radius 2 is 1.83 bits per heavy atom. The molecule has 0 spiro atoms. The zero-order valence-corrected chi connectivity index (χ0v) is 18.2. The van der Waals surface area contributed by atoms with Crippen molar-refractivity contribution in [1.29, 1.82) is 0 Å². The third kappa shape index (κ3) is 4.19. The monoisotopic (exact) mass is 411 g/mol. The van der Waals surface area contributed by atoms with E-state index in [2.05, 4.69) is 38.9 Å². The van der Waals surface area contributed by atoms with Crippen LogP contribution in [0.25, 0.3) is 0 Å². The van der Waals surface area contributed by atoms with E-state index in [9.17, 15) is 0 Å². The summed E-state index contributed by atoms with van der Waals surface area (Å²) in [6.45, 7) is 11.5. The molecule has 162 valence electrons. The first-order valence-corrected chi connectivity index (χ1v) is 11.2. The highest BCUT2D eigenvalue weighted by molar-refractivity contribution is 5.44. The lowest BCUT2D eigenvalue weighted by Gasteiger charge is -2.43. The van der Waals surface area contributed by atoms with E-state index in [4.69, 9.17) is 9.47 Å².